The highest BCUT2D eigenvalue weighted by atomic mass is 32.1. The first-order chi connectivity index (χ1) is 9.69. The van der Waals surface area contributed by atoms with E-state index >= 15 is 0 Å². The fourth-order valence-electron chi connectivity index (χ4n) is 2.18. The summed E-state index contributed by atoms with van der Waals surface area (Å²) in [6.07, 6.45) is 1.38. The number of aromatic nitrogens is 1. The van der Waals surface area contributed by atoms with Gasteiger partial charge in [0.1, 0.15) is 0 Å². The van der Waals surface area contributed by atoms with E-state index < -0.39 is 0 Å². The van der Waals surface area contributed by atoms with Crippen LogP contribution >= 0.6 is 11.3 Å². The number of thiazole rings is 1. The van der Waals surface area contributed by atoms with Gasteiger partial charge in [-0.3, -0.25) is 4.79 Å². The van der Waals surface area contributed by atoms with Crippen LogP contribution in [0.25, 0.3) is 0 Å². The largest absolute Gasteiger partial charge is 0.355 e. The van der Waals surface area contributed by atoms with Crippen LogP contribution in [-0.4, -0.2) is 17.4 Å². The third-order valence-electron chi connectivity index (χ3n) is 3.32. The smallest absolute Gasteiger partial charge is 0.226 e. The molecule has 0 spiro atoms. The Morgan fingerprint density at radius 2 is 2.10 bits per heavy atom. The Labute approximate surface area is 124 Å². The number of nitrogens with one attached hydrogen (secondary N) is 1. The maximum absolute atomic E-state index is 11.9. The normalized spacial score (nSPS) is 12.1. The Morgan fingerprint density at radius 1 is 1.35 bits per heavy atom. The van der Waals surface area contributed by atoms with Crippen molar-refractivity contribution in [2.24, 2.45) is 0 Å². The predicted octanol–water partition coefficient (Wildman–Crippen LogP) is 3.30. The van der Waals surface area contributed by atoms with Crippen LogP contribution in [0.1, 0.15) is 35.5 Å². The molecule has 20 heavy (non-hydrogen) atoms. The highest BCUT2D eigenvalue weighted by Gasteiger charge is 2.11. The Balaban J connectivity index is 1.85. The highest BCUT2D eigenvalue weighted by Crippen LogP contribution is 2.18. The van der Waals surface area contributed by atoms with Gasteiger partial charge in [0.05, 0.1) is 17.1 Å². The molecule has 0 aliphatic heterocycles. The van der Waals surface area contributed by atoms with Crippen LogP contribution in [0.4, 0.5) is 0 Å². The molecule has 0 aliphatic rings. The van der Waals surface area contributed by atoms with Gasteiger partial charge < -0.3 is 5.32 Å². The lowest BCUT2D eigenvalue weighted by Crippen LogP contribution is -2.29. The second kappa shape index (κ2) is 7.20. The molecule has 3 nitrogen and oxygen atoms in total. The van der Waals surface area contributed by atoms with E-state index in [2.05, 4.69) is 29.4 Å². The Kier molecular flexibility index (Phi) is 5.30. The molecule has 0 fully saturated rings. The second-order valence-corrected chi connectivity index (χ2v) is 5.92. The molecule has 1 heterocycles. The van der Waals surface area contributed by atoms with Crippen LogP contribution in [0.15, 0.2) is 35.7 Å². The molecule has 4 heteroatoms. The van der Waals surface area contributed by atoms with Crippen molar-refractivity contribution in [3.8, 4) is 0 Å². The molecule has 1 amide bonds. The molecule has 0 saturated carbocycles. The van der Waals surface area contributed by atoms with Gasteiger partial charge in [0, 0.05) is 17.8 Å². The van der Waals surface area contributed by atoms with Crippen molar-refractivity contribution >= 4 is 17.2 Å². The highest BCUT2D eigenvalue weighted by molar-refractivity contribution is 7.09. The molecule has 0 saturated heterocycles. The van der Waals surface area contributed by atoms with Gasteiger partial charge in [-0.2, -0.15) is 0 Å². The van der Waals surface area contributed by atoms with Crippen LogP contribution in [0, 0.1) is 6.92 Å². The Hall–Kier alpha value is -1.68. The van der Waals surface area contributed by atoms with Gasteiger partial charge in [0.15, 0.2) is 0 Å². The van der Waals surface area contributed by atoms with E-state index in [9.17, 15) is 4.79 Å². The number of rotatable bonds is 6. The van der Waals surface area contributed by atoms with Crippen molar-refractivity contribution in [2.75, 3.05) is 6.54 Å². The van der Waals surface area contributed by atoms with Crippen molar-refractivity contribution in [1.82, 2.24) is 10.3 Å². The molecule has 1 N–H and O–H groups in total. The molecule has 1 aromatic carbocycles. The van der Waals surface area contributed by atoms with Gasteiger partial charge in [0.25, 0.3) is 0 Å². The van der Waals surface area contributed by atoms with Crippen LogP contribution in [-0.2, 0) is 11.2 Å². The third-order valence-corrected chi connectivity index (χ3v) is 4.14. The topological polar surface area (TPSA) is 42.0 Å². The minimum absolute atomic E-state index is 0.0460. The van der Waals surface area contributed by atoms with E-state index in [1.807, 2.05) is 30.5 Å². The average molecular weight is 288 g/mol. The molecule has 0 bridgehead atoms. The minimum atomic E-state index is 0.0460. The lowest BCUT2D eigenvalue weighted by molar-refractivity contribution is -0.120. The van der Waals surface area contributed by atoms with Crippen molar-refractivity contribution in [3.63, 3.8) is 0 Å². The van der Waals surface area contributed by atoms with E-state index in [1.165, 1.54) is 5.56 Å². The molecule has 2 aromatic rings. The van der Waals surface area contributed by atoms with Crippen LogP contribution in [0.2, 0.25) is 0 Å². The molecular weight excluding hydrogens is 268 g/mol. The molecular formula is C16H20N2OS. The summed E-state index contributed by atoms with van der Waals surface area (Å²) in [4.78, 5) is 16.2. The van der Waals surface area contributed by atoms with Crippen molar-refractivity contribution < 1.29 is 4.79 Å². The first-order valence-corrected chi connectivity index (χ1v) is 7.79. The molecule has 0 radical (unpaired) electrons. The maximum atomic E-state index is 11.9. The number of amides is 1. The second-order valence-electron chi connectivity index (χ2n) is 4.85. The molecule has 1 aromatic heterocycles. The number of benzene rings is 1. The summed E-state index contributed by atoms with van der Waals surface area (Å²) >= 11 is 1.58. The van der Waals surface area contributed by atoms with Crippen molar-refractivity contribution in [3.05, 3.63) is 52.0 Å². The SMILES string of the molecule is CC[C@H](CNC(=O)Cc1csc(C)n1)c1ccccc1. The quantitative estimate of drug-likeness (QED) is 0.886. The molecule has 0 unspecified atom stereocenters. The maximum Gasteiger partial charge on any atom is 0.226 e. The molecule has 0 aliphatic carbocycles. The van der Waals surface area contributed by atoms with E-state index in [0.717, 1.165) is 17.1 Å². The van der Waals surface area contributed by atoms with Crippen molar-refractivity contribution in [2.45, 2.75) is 32.6 Å². The fourth-order valence-corrected chi connectivity index (χ4v) is 2.79. The summed E-state index contributed by atoms with van der Waals surface area (Å²) in [5.41, 5.74) is 2.14. The van der Waals surface area contributed by atoms with Crippen LogP contribution in [0.5, 0.6) is 0 Å². The fraction of sp³-hybridized carbons (Fsp3) is 0.375. The number of aryl methyl sites for hydroxylation is 1. The Bertz CT molecular complexity index is 551. The lowest BCUT2D eigenvalue weighted by Gasteiger charge is -2.16. The summed E-state index contributed by atoms with van der Waals surface area (Å²) in [6, 6.07) is 10.3. The lowest BCUT2D eigenvalue weighted by atomic mass is 9.96. The van der Waals surface area contributed by atoms with Gasteiger partial charge in [0.2, 0.25) is 5.91 Å². The predicted molar refractivity (Wildman–Crippen MR) is 83.0 cm³/mol. The summed E-state index contributed by atoms with van der Waals surface area (Å²) in [6.45, 7) is 4.78. The van der Waals surface area contributed by atoms with Crippen molar-refractivity contribution in [1.29, 1.82) is 0 Å². The van der Waals surface area contributed by atoms with E-state index in [1.54, 1.807) is 11.3 Å². The first kappa shape index (κ1) is 14.7. The zero-order chi connectivity index (χ0) is 14.4. The monoisotopic (exact) mass is 288 g/mol. The minimum Gasteiger partial charge on any atom is -0.355 e. The third kappa shape index (κ3) is 4.17. The zero-order valence-corrected chi connectivity index (χ0v) is 12.7. The van der Waals surface area contributed by atoms with E-state index in [0.29, 0.717) is 18.9 Å². The first-order valence-electron chi connectivity index (χ1n) is 6.91. The van der Waals surface area contributed by atoms with E-state index in [4.69, 9.17) is 0 Å². The summed E-state index contributed by atoms with van der Waals surface area (Å²) in [5.74, 6) is 0.419. The number of carbonyl (C=O) groups excluding carboxylic acids is 1. The molecule has 106 valence electrons. The summed E-state index contributed by atoms with van der Waals surface area (Å²) < 4.78 is 0. The van der Waals surface area contributed by atoms with Gasteiger partial charge in [-0.05, 0) is 18.9 Å². The number of nitrogens with zero attached hydrogens (tertiary/aromatic N) is 1. The van der Waals surface area contributed by atoms with Crippen LogP contribution in [0.3, 0.4) is 0 Å². The van der Waals surface area contributed by atoms with E-state index in [-0.39, 0.29) is 5.91 Å². The Morgan fingerprint density at radius 3 is 2.70 bits per heavy atom. The zero-order valence-electron chi connectivity index (χ0n) is 11.9. The van der Waals surface area contributed by atoms with Gasteiger partial charge in [-0.1, -0.05) is 37.3 Å². The van der Waals surface area contributed by atoms with Gasteiger partial charge >= 0.3 is 0 Å². The standard InChI is InChI=1S/C16H20N2OS/c1-3-13(14-7-5-4-6-8-14)10-17-16(19)9-15-11-20-12(2)18-15/h4-8,11,13H,3,9-10H2,1-2H3,(H,17,19)/t13-/m1/s1. The average Bonchev–Trinajstić information content (AvgIpc) is 2.86. The molecule has 2 rings (SSSR count). The number of hydrogen-bond acceptors (Lipinski definition) is 3. The summed E-state index contributed by atoms with van der Waals surface area (Å²) in [7, 11) is 0. The summed E-state index contributed by atoms with van der Waals surface area (Å²) in [5, 5.41) is 5.97. The van der Waals surface area contributed by atoms with Gasteiger partial charge in [-0.25, -0.2) is 4.98 Å². The number of hydrogen-bond donors (Lipinski definition) is 1. The van der Waals surface area contributed by atoms with Gasteiger partial charge in [-0.15, -0.1) is 11.3 Å². The number of carbonyl (C=O) groups is 1. The molecule has 1 atom stereocenters. The van der Waals surface area contributed by atoms with Crippen LogP contribution < -0.4 is 5.32 Å².